The van der Waals surface area contributed by atoms with Crippen LogP contribution < -0.4 is 32.3 Å². The summed E-state index contributed by atoms with van der Waals surface area (Å²) in [7, 11) is 0. The molecule has 1 aliphatic rings. The molecule has 1 fully saturated rings. The van der Waals surface area contributed by atoms with Gasteiger partial charge in [-0.2, -0.15) is 0 Å². The van der Waals surface area contributed by atoms with E-state index in [1.54, 1.807) is 30.3 Å². The van der Waals surface area contributed by atoms with Crippen LogP contribution in [0, 0.1) is 11.6 Å². The SMILES string of the molecule is NC(=O)c1cnc(Nc2ccc(NC(=O)NC3CCNCC3)cc2)cc1NCc1cc(F)cc(F)c1. The monoisotopic (exact) mass is 495 g/mol. The number of amides is 3. The molecule has 36 heavy (non-hydrogen) atoms. The number of primary amides is 1. The summed E-state index contributed by atoms with van der Waals surface area (Å²) in [5.41, 5.74) is 7.63. The van der Waals surface area contributed by atoms with Crippen molar-refractivity contribution in [2.75, 3.05) is 29.0 Å². The maximum atomic E-state index is 13.5. The Morgan fingerprint density at radius 1 is 1.00 bits per heavy atom. The van der Waals surface area contributed by atoms with Gasteiger partial charge in [-0.05, 0) is 67.9 Å². The molecule has 11 heteroatoms. The first-order chi connectivity index (χ1) is 17.4. The number of nitrogens with zero attached hydrogens (tertiary/aromatic N) is 1. The number of nitrogens with two attached hydrogens (primary N) is 1. The van der Waals surface area contributed by atoms with Crippen LogP contribution in [0.5, 0.6) is 0 Å². The van der Waals surface area contributed by atoms with E-state index in [0.717, 1.165) is 32.0 Å². The van der Waals surface area contributed by atoms with Crippen LogP contribution in [0.4, 0.5) is 36.5 Å². The first-order valence-corrected chi connectivity index (χ1v) is 11.5. The zero-order chi connectivity index (χ0) is 25.5. The number of carbonyl (C=O) groups excluding carboxylic acids is 2. The molecule has 2 aromatic carbocycles. The second-order valence-electron chi connectivity index (χ2n) is 8.44. The number of anilines is 4. The highest BCUT2D eigenvalue weighted by Gasteiger charge is 2.15. The van der Waals surface area contributed by atoms with Gasteiger partial charge in [0.15, 0.2) is 0 Å². The summed E-state index contributed by atoms with van der Waals surface area (Å²) in [5.74, 6) is -1.67. The van der Waals surface area contributed by atoms with Crippen molar-refractivity contribution >= 4 is 34.8 Å². The molecular formula is C25H27F2N7O2. The van der Waals surface area contributed by atoms with E-state index in [1.165, 1.54) is 18.3 Å². The molecule has 3 aromatic rings. The van der Waals surface area contributed by atoms with Gasteiger partial charge in [0.25, 0.3) is 5.91 Å². The Kier molecular flexibility index (Phi) is 7.91. The summed E-state index contributed by atoms with van der Waals surface area (Å²) < 4.78 is 27.0. The average molecular weight is 496 g/mol. The Morgan fingerprint density at radius 3 is 2.33 bits per heavy atom. The van der Waals surface area contributed by atoms with Crippen LogP contribution in [0.1, 0.15) is 28.8 Å². The van der Waals surface area contributed by atoms with Gasteiger partial charge in [0.2, 0.25) is 0 Å². The van der Waals surface area contributed by atoms with Crippen molar-refractivity contribution in [2.45, 2.75) is 25.4 Å². The average Bonchev–Trinajstić information content (AvgIpc) is 2.84. The summed E-state index contributed by atoms with van der Waals surface area (Å²) in [6, 6.07) is 11.7. The maximum absolute atomic E-state index is 13.5. The third-order valence-corrected chi connectivity index (χ3v) is 5.66. The standard InChI is InChI=1S/C25H27F2N7O2/c26-16-9-15(10-17(27)11-16)13-30-22-12-23(31-14-21(22)24(28)35)32-18-1-3-19(4-2-18)33-25(36)34-20-5-7-29-8-6-20/h1-4,9-12,14,20,29H,5-8,13H2,(H2,28,35)(H2,30,31,32)(H2,33,34,36). The predicted octanol–water partition coefficient (Wildman–Crippen LogP) is 3.69. The van der Waals surface area contributed by atoms with Gasteiger partial charge in [0.05, 0.1) is 11.3 Å². The molecule has 2 heterocycles. The highest BCUT2D eigenvalue weighted by Crippen LogP contribution is 2.23. The number of piperidine rings is 1. The largest absolute Gasteiger partial charge is 0.380 e. The number of aromatic nitrogens is 1. The number of nitrogens with one attached hydrogen (secondary N) is 5. The van der Waals surface area contributed by atoms with Crippen molar-refractivity contribution in [3.8, 4) is 0 Å². The van der Waals surface area contributed by atoms with Crippen molar-refractivity contribution < 1.29 is 18.4 Å². The lowest BCUT2D eigenvalue weighted by Crippen LogP contribution is -2.44. The summed E-state index contributed by atoms with van der Waals surface area (Å²) >= 11 is 0. The van der Waals surface area contributed by atoms with E-state index in [4.69, 9.17) is 5.73 Å². The number of halogens is 2. The molecule has 3 amide bonds. The first-order valence-electron chi connectivity index (χ1n) is 11.5. The van der Waals surface area contributed by atoms with Gasteiger partial charge in [0, 0.05) is 42.3 Å². The lowest BCUT2D eigenvalue weighted by atomic mass is 10.1. The van der Waals surface area contributed by atoms with Crippen molar-refractivity contribution in [3.05, 3.63) is 77.5 Å². The number of pyridine rings is 1. The lowest BCUT2D eigenvalue weighted by molar-refractivity contribution is 0.100. The molecule has 0 saturated carbocycles. The second kappa shape index (κ2) is 11.5. The van der Waals surface area contributed by atoms with Crippen molar-refractivity contribution in [1.29, 1.82) is 0 Å². The topological polar surface area (TPSA) is 133 Å². The normalized spacial score (nSPS) is 13.6. The summed E-state index contributed by atoms with van der Waals surface area (Å²) in [6.07, 6.45) is 3.11. The zero-order valence-electron chi connectivity index (χ0n) is 19.4. The molecule has 0 aliphatic carbocycles. The van der Waals surface area contributed by atoms with Crippen molar-refractivity contribution in [2.24, 2.45) is 5.73 Å². The summed E-state index contributed by atoms with van der Waals surface area (Å²) in [6.45, 7) is 1.85. The summed E-state index contributed by atoms with van der Waals surface area (Å²) in [5, 5.41) is 15.1. The van der Waals surface area contributed by atoms with Crippen LogP contribution in [0.3, 0.4) is 0 Å². The predicted molar refractivity (Wildman–Crippen MR) is 134 cm³/mol. The number of hydrogen-bond acceptors (Lipinski definition) is 6. The van der Waals surface area contributed by atoms with Gasteiger partial charge in [-0.25, -0.2) is 18.6 Å². The molecule has 1 aliphatic heterocycles. The van der Waals surface area contributed by atoms with Gasteiger partial charge in [0.1, 0.15) is 17.5 Å². The fraction of sp³-hybridized carbons (Fsp3) is 0.240. The number of rotatable bonds is 8. The lowest BCUT2D eigenvalue weighted by Gasteiger charge is -2.23. The molecule has 4 rings (SSSR count). The maximum Gasteiger partial charge on any atom is 0.319 e. The molecule has 188 valence electrons. The molecule has 0 spiro atoms. The van der Waals surface area contributed by atoms with Gasteiger partial charge < -0.3 is 32.3 Å². The molecule has 1 saturated heterocycles. The van der Waals surface area contributed by atoms with E-state index in [2.05, 4.69) is 31.6 Å². The number of benzene rings is 2. The number of hydrogen-bond donors (Lipinski definition) is 6. The minimum absolute atomic E-state index is 0.0677. The van der Waals surface area contributed by atoms with Crippen LogP contribution in [-0.4, -0.2) is 36.1 Å². The Hall–Kier alpha value is -4.25. The van der Waals surface area contributed by atoms with Crippen molar-refractivity contribution in [3.63, 3.8) is 0 Å². The van der Waals surface area contributed by atoms with Gasteiger partial charge in [-0.1, -0.05) is 0 Å². The van der Waals surface area contributed by atoms with E-state index in [-0.39, 0.29) is 24.2 Å². The minimum Gasteiger partial charge on any atom is -0.380 e. The first kappa shape index (κ1) is 24.9. The van der Waals surface area contributed by atoms with Gasteiger partial charge in [-0.15, -0.1) is 0 Å². The van der Waals surface area contributed by atoms with Crippen LogP contribution >= 0.6 is 0 Å². The van der Waals surface area contributed by atoms with E-state index in [1.807, 2.05) is 0 Å². The molecule has 7 N–H and O–H groups in total. The van der Waals surface area contributed by atoms with E-state index < -0.39 is 17.5 Å². The fourth-order valence-corrected chi connectivity index (χ4v) is 3.88. The van der Waals surface area contributed by atoms with Crippen LogP contribution in [0.2, 0.25) is 0 Å². The summed E-state index contributed by atoms with van der Waals surface area (Å²) in [4.78, 5) is 28.3. The molecular weight excluding hydrogens is 468 g/mol. The third-order valence-electron chi connectivity index (χ3n) is 5.66. The number of carbonyl (C=O) groups is 2. The molecule has 0 unspecified atom stereocenters. The Balaban J connectivity index is 1.39. The van der Waals surface area contributed by atoms with Gasteiger partial charge in [-0.3, -0.25) is 4.79 Å². The van der Waals surface area contributed by atoms with E-state index >= 15 is 0 Å². The quantitative estimate of drug-likeness (QED) is 0.282. The highest BCUT2D eigenvalue weighted by atomic mass is 19.1. The fourth-order valence-electron chi connectivity index (χ4n) is 3.88. The Bertz CT molecular complexity index is 1210. The Labute approximate surface area is 206 Å². The molecule has 0 radical (unpaired) electrons. The van der Waals surface area contributed by atoms with Crippen LogP contribution in [-0.2, 0) is 6.54 Å². The van der Waals surface area contributed by atoms with E-state index in [9.17, 15) is 18.4 Å². The van der Waals surface area contributed by atoms with Crippen LogP contribution in [0.25, 0.3) is 0 Å². The molecule has 9 nitrogen and oxygen atoms in total. The number of urea groups is 1. The third kappa shape index (κ3) is 6.89. The highest BCUT2D eigenvalue weighted by molar-refractivity contribution is 5.98. The molecule has 0 atom stereocenters. The zero-order valence-corrected chi connectivity index (χ0v) is 19.4. The van der Waals surface area contributed by atoms with E-state index in [0.29, 0.717) is 28.4 Å². The molecule has 0 bridgehead atoms. The second-order valence-corrected chi connectivity index (χ2v) is 8.44. The molecule has 1 aromatic heterocycles. The van der Waals surface area contributed by atoms with Gasteiger partial charge >= 0.3 is 6.03 Å². The van der Waals surface area contributed by atoms with Crippen LogP contribution in [0.15, 0.2) is 54.7 Å². The minimum atomic E-state index is -0.694. The van der Waals surface area contributed by atoms with Crippen molar-refractivity contribution in [1.82, 2.24) is 15.6 Å². The smallest absolute Gasteiger partial charge is 0.319 e. The Morgan fingerprint density at radius 2 is 1.67 bits per heavy atom.